The van der Waals surface area contributed by atoms with E-state index in [9.17, 15) is 8.42 Å². The van der Waals surface area contributed by atoms with Crippen LogP contribution in [0.5, 0.6) is 0 Å². The van der Waals surface area contributed by atoms with Crippen LogP contribution in [0.2, 0.25) is 0 Å². The second-order valence-corrected chi connectivity index (χ2v) is 5.83. The van der Waals surface area contributed by atoms with E-state index >= 15 is 0 Å². The third-order valence-electron chi connectivity index (χ3n) is 1.82. The van der Waals surface area contributed by atoms with Crippen molar-refractivity contribution in [1.82, 2.24) is 5.32 Å². The topological polar surface area (TPSA) is 46.2 Å². The molecule has 1 fully saturated rings. The van der Waals surface area contributed by atoms with Crippen molar-refractivity contribution in [3.05, 3.63) is 0 Å². The first kappa shape index (κ1) is 12.2. The largest absolute Gasteiger partial charge is 0.314 e. The number of rotatable bonds is 3. The molecule has 0 radical (unpaired) electrons. The zero-order valence-corrected chi connectivity index (χ0v) is 9.04. The highest BCUT2D eigenvalue weighted by molar-refractivity contribution is 7.92. The lowest BCUT2D eigenvalue weighted by Crippen LogP contribution is -2.52. The van der Waals surface area contributed by atoms with E-state index in [2.05, 4.69) is 5.32 Å². The van der Waals surface area contributed by atoms with Crippen molar-refractivity contribution in [1.29, 1.82) is 0 Å². The van der Waals surface area contributed by atoms with Crippen molar-refractivity contribution in [3.8, 4) is 0 Å². The van der Waals surface area contributed by atoms with Crippen LogP contribution < -0.4 is 5.32 Å². The zero-order valence-electron chi connectivity index (χ0n) is 7.41. The minimum atomic E-state index is -2.79. The standard InChI is InChI=1S/C7H15NO2S.ClH/c1-6(2)5-11(9,10)7-3-8-4-7;/h6-8H,3-5H2,1-2H3;1H. The fourth-order valence-corrected chi connectivity index (χ4v) is 3.06. The molecule has 12 heavy (non-hydrogen) atoms. The number of hydrogen-bond donors (Lipinski definition) is 1. The van der Waals surface area contributed by atoms with Gasteiger partial charge in [0, 0.05) is 13.1 Å². The first-order valence-electron chi connectivity index (χ1n) is 3.94. The molecule has 3 nitrogen and oxygen atoms in total. The van der Waals surface area contributed by atoms with E-state index in [4.69, 9.17) is 0 Å². The van der Waals surface area contributed by atoms with Gasteiger partial charge in [0.15, 0.2) is 9.84 Å². The van der Waals surface area contributed by atoms with E-state index in [1.54, 1.807) is 0 Å². The third kappa shape index (κ3) is 2.92. The van der Waals surface area contributed by atoms with Gasteiger partial charge >= 0.3 is 0 Å². The lowest BCUT2D eigenvalue weighted by atomic mass is 10.3. The summed E-state index contributed by atoms with van der Waals surface area (Å²) >= 11 is 0. The first-order chi connectivity index (χ1) is 5.02. The van der Waals surface area contributed by atoms with Gasteiger partial charge < -0.3 is 5.32 Å². The minimum Gasteiger partial charge on any atom is -0.314 e. The first-order valence-corrected chi connectivity index (χ1v) is 5.66. The lowest BCUT2D eigenvalue weighted by molar-refractivity contribution is 0.490. The number of hydrogen-bond acceptors (Lipinski definition) is 3. The van der Waals surface area contributed by atoms with Gasteiger partial charge in [0.1, 0.15) is 0 Å². The molecule has 0 aromatic carbocycles. The average Bonchev–Trinajstić information content (AvgIpc) is 1.50. The van der Waals surface area contributed by atoms with Crippen molar-refractivity contribution in [2.24, 2.45) is 5.92 Å². The van der Waals surface area contributed by atoms with Gasteiger partial charge in [0.2, 0.25) is 0 Å². The Bertz CT molecular complexity index is 222. The summed E-state index contributed by atoms with van der Waals surface area (Å²) in [4.78, 5) is 0. The maximum Gasteiger partial charge on any atom is 0.155 e. The highest BCUT2D eigenvalue weighted by Gasteiger charge is 2.30. The normalized spacial score (nSPS) is 18.6. The summed E-state index contributed by atoms with van der Waals surface area (Å²) in [5.74, 6) is 0.583. The summed E-state index contributed by atoms with van der Waals surface area (Å²) in [6.45, 7) is 5.16. The smallest absolute Gasteiger partial charge is 0.155 e. The molecule has 0 saturated carbocycles. The van der Waals surface area contributed by atoms with Crippen molar-refractivity contribution < 1.29 is 8.42 Å². The van der Waals surface area contributed by atoms with Crippen LogP contribution in [0.25, 0.3) is 0 Å². The Morgan fingerprint density at radius 3 is 2.17 bits per heavy atom. The van der Waals surface area contributed by atoms with E-state index in [0.29, 0.717) is 18.8 Å². The number of halogens is 1. The van der Waals surface area contributed by atoms with Gasteiger partial charge in [-0.3, -0.25) is 0 Å². The molecule has 1 heterocycles. The molecule has 5 heteroatoms. The average molecular weight is 214 g/mol. The number of nitrogens with one attached hydrogen (secondary N) is 1. The molecule has 1 saturated heterocycles. The molecule has 0 unspecified atom stereocenters. The van der Waals surface area contributed by atoms with Crippen LogP contribution in [0, 0.1) is 5.92 Å². The molecule has 1 aliphatic heterocycles. The Labute approximate surface area is 80.3 Å². The molecule has 0 aromatic heterocycles. The second kappa shape index (κ2) is 4.44. The fraction of sp³-hybridized carbons (Fsp3) is 1.00. The molecule has 0 aromatic rings. The van der Waals surface area contributed by atoms with Gasteiger partial charge in [0.05, 0.1) is 11.0 Å². The second-order valence-electron chi connectivity index (χ2n) is 3.50. The summed E-state index contributed by atoms with van der Waals surface area (Å²) in [5, 5.41) is 2.85. The summed E-state index contributed by atoms with van der Waals surface area (Å²) in [5.41, 5.74) is 0. The van der Waals surface area contributed by atoms with Gasteiger partial charge in [-0.1, -0.05) is 13.8 Å². The van der Waals surface area contributed by atoms with Crippen LogP contribution in [-0.2, 0) is 9.84 Å². The summed E-state index contributed by atoms with van der Waals surface area (Å²) in [6.07, 6.45) is 0. The van der Waals surface area contributed by atoms with Gasteiger partial charge in [-0.2, -0.15) is 0 Å². The Kier molecular flexibility index (Phi) is 4.51. The maximum absolute atomic E-state index is 11.4. The quantitative estimate of drug-likeness (QED) is 0.741. The predicted molar refractivity (Wildman–Crippen MR) is 52.5 cm³/mol. The van der Waals surface area contributed by atoms with Crippen LogP contribution in [-0.4, -0.2) is 32.5 Å². The Morgan fingerprint density at radius 2 is 1.92 bits per heavy atom. The molecule has 1 rings (SSSR count). The minimum absolute atomic E-state index is 0. The highest BCUT2D eigenvalue weighted by atomic mass is 35.5. The highest BCUT2D eigenvalue weighted by Crippen LogP contribution is 2.10. The molecule has 1 aliphatic rings. The van der Waals surface area contributed by atoms with Crippen LogP contribution in [0.15, 0.2) is 0 Å². The SMILES string of the molecule is CC(C)CS(=O)(=O)C1CNC1.Cl. The molecule has 1 N–H and O–H groups in total. The molecule has 74 valence electrons. The van der Waals surface area contributed by atoms with Crippen molar-refractivity contribution >= 4 is 22.2 Å². The van der Waals surface area contributed by atoms with Gasteiger partial charge in [0.25, 0.3) is 0 Å². The van der Waals surface area contributed by atoms with E-state index in [1.165, 1.54) is 0 Å². The van der Waals surface area contributed by atoms with Crippen molar-refractivity contribution in [2.45, 2.75) is 19.1 Å². The third-order valence-corrected chi connectivity index (χ3v) is 4.30. The van der Waals surface area contributed by atoms with Crippen LogP contribution in [0.3, 0.4) is 0 Å². The van der Waals surface area contributed by atoms with E-state index < -0.39 is 9.84 Å². The summed E-state index contributed by atoms with van der Waals surface area (Å²) in [6, 6.07) is 0. The molecule has 0 atom stereocenters. The number of sulfone groups is 1. The van der Waals surface area contributed by atoms with Gasteiger partial charge in [-0.15, -0.1) is 12.4 Å². The van der Waals surface area contributed by atoms with E-state index in [-0.39, 0.29) is 23.6 Å². The molecule has 0 spiro atoms. The Hall–Kier alpha value is 0.200. The predicted octanol–water partition coefficient (Wildman–Crippen LogP) is 0.451. The lowest BCUT2D eigenvalue weighted by Gasteiger charge is -2.27. The fourth-order valence-electron chi connectivity index (χ4n) is 1.12. The molecule has 0 amide bonds. The molecular formula is C7H16ClNO2S. The van der Waals surface area contributed by atoms with Gasteiger partial charge in [-0.05, 0) is 5.92 Å². The van der Waals surface area contributed by atoms with Crippen molar-refractivity contribution in [3.63, 3.8) is 0 Å². The van der Waals surface area contributed by atoms with E-state index in [1.807, 2.05) is 13.8 Å². The summed E-state index contributed by atoms with van der Waals surface area (Å²) < 4.78 is 22.8. The van der Waals surface area contributed by atoms with Gasteiger partial charge in [-0.25, -0.2) is 8.42 Å². The zero-order chi connectivity index (χ0) is 8.48. The Balaban J connectivity index is 0.00000121. The summed E-state index contributed by atoms with van der Waals surface area (Å²) in [7, 11) is -2.79. The maximum atomic E-state index is 11.4. The van der Waals surface area contributed by atoms with Crippen LogP contribution in [0.4, 0.5) is 0 Å². The molecule has 0 bridgehead atoms. The van der Waals surface area contributed by atoms with Crippen LogP contribution in [0.1, 0.15) is 13.8 Å². The van der Waals surface area contributed by atoms with Crippen molar-refractivity contribution in [2.75, 3.05) is 18.8 Å². The molecule has 0 aliphatic carbocycles. The van der Waals surface area contributed by atoms with E-state index in [0.717, 1.165) is 0 Å². The van der Waals surface area contributed by atoms with Crippen LogP contribution >= 0.6 is 12.4 Å². The Morgan fingerprint density at radius 1 is 1.42 bits per heavy atom. The monoisotopic (exact) mass is 213 g/mol. The molecular weight excluding hydrogens is 198 g/mol.